The van der Waals surface area contributed by atoms with Crippen molar-refractivity contribution in [1.29, 1.82) is 0 Å². The number of amides is 1. The van der Waals surface area contributed by atoms with E-state index >= 15 is 0 Å². The topological polar surface area (TPSA) is 103 Å². The van der Waals surface area contributed by atoms with Gasteiger partial charge in [-0.2, -0.15) is 9.50 Å². The van der Waals surface area contributed by atoms with E-state index in [0.717, 1.165) is 6.04 Å². The second kappa shape index (κ2) is 11.1. The molecule has 1 saturated heterocycles. The summed E-state index contributed by atoms with van der Waals surface area (Å²) in [5.41, 5.74) is 0.314. The number of nitrogens with zero attached hydrogens (tertiary/aromatic N) is 6. The molecule has 1 amide bonds. The van der Waals surface area contributed by atoms with Crippen molar-refractivity contribution in [3.05, 3.63) is 20.8 Å². The number of carbonyl (C=O) groups is 1. The Kier molecular flexibility index (Phi) is 8.77. The third-order valence-corrected chi connectivity index (χ3v) is 7.87. The fraction of sp³-hybridized carbons (Fsp3) is 0.739. The van der Waals surface area contributed by atoms with E-state index in [0.29, 0.717) is 48.8 Å². The standard InChI is InChI=1S/C23H39BrN6O5Si/c1-9-17-18(27-10-11-28(16(2)14-27)22(32)35-23(3,4)5)19(31)29-21(25-20(24)26-29)30(17)34-15-33-12-13-36(6,7)8/h16H,9-15H2,1-8H3/t16-/m1/s1. The first-order chi connectivity index (χ1) is 16.7. The lowest BCUT2D eigenvalue weighted by Crippen LogP contribution is -2.56. The molecule has 3 heterocycles. The van der Waals surface area contributed by atoms with E-state index < -0.39 is 13.7 Å². The van der Waals surface area contributed by atoms with Crippen LogP contribution in [0, 0.1) is 0 Å². The van der Waals surface area contributed by atoms with Crippen molar-refractivity contribution in [2.75, 3.05) is 37.9 Å². The molecule has 1 fully saturated rings. The maximum atomic E-state index is 13.6. The van der Waals surface area contributed by atoms with E-state index in [1.54, 1.807) is 9.63 Å². The van der Waals surface area contributed by atoms with Crippen molar-refractivity contribution in [1.82, 2.24) is 24.2 Å². The molecule has 2 aromatic rings. The second-order valence-electron chi connectivity index (χ2n) is 11.3. The molecular formula is C23H39BrN6O5Si. The Hall–Kier alpha value is -2.12. The third-order valence-electron chi connectivity index (χ3n) is 5.83. The molecule has 0 aliphatic carbocycles. The van der Waals surface area contributed by atoms with E-state index in [1.807, 2.05) is 39.5 Å². The average molecular weight is 588 g/mol. The Morgan fingerprint density at radius 1 is 1.22 bits per heavy atom. The van der Waals surface area contributed by atoms with E-state index in [1.165, 1.54) is 4.52 Å². The Labute approximate surface area is 221 Å². The van der Waals surface area contributed by atoms with Gasteiger partial charge in [-0.15, -0.1) is 9.83 Å². The van der Waals surface area contributed by atoms with Crippen LogP contribution in [0.1, 0.15) is 40.3 Å². The van der Waals surface area contributed by atoms with Crippen LogP contribution in [0.5, 0.6) is 0 Å². The fourth-order valence-electron chi connectivity index (χ4n) is 4.03. The number of hydrogen-bond donors (Lipinski definition) is 0. The SMILES string of the molecule is CCc1c(N2CCN(C(=O)OC(C)(C)C)[C@H](C)C2)c(=O)n2nc(Br)nc2n1OCOCC[Si](C)(C)C. The first-order valence-corrected chi connectivity index (χ1v) is 16.9. The summed E-state index contributed by atoms with van der Waals surface area (Å²) in [5, 5.41) is 4.25. The first kappa shape index (κ1) is 28.4. The van der Waals surface area contributed by atoms with Crippen LogP contribution >= 0.6 is 15.9 Å². The number of fused-ring (bicyclic) bond motifs is 1. The maximum absolute atomic E-state index is 13.6. The summed E-state index contributed by atoms with van der Waals surface area (Å²) in [6.07, 6.45) is 0.179. The predicted molar refractivity (Wildman–Crippen MR) is 144 cm³/mol. The van der Waals surface area contributed by atoms with Crippen molar-refractivity contribution in [3.8, 4) is 0 Å². The minimum atomic E-state index is -1.22. The lowest BCUT2D eigenvalue weighted by Gasteiger charge is -2.41. The summed E-state index contributed by atoms with van der Waals surface area (Å²) in [6, 6.07) is 0.869. The molecule has 13 heteroatoms. The Morgan fingerprint density at radius 2 is 1.92 bits per heavy atom. The summed E-state index contributed by atoms with van der Waals surface area (Å²) in [7, 11) is -1.22. The molecule has 0 spiro atoms. The number of hydrogen-bond acceptors (Lipinski definition) is 8. The molecule has 2 aromatic heterocycles. The van der Waals surface area contributed by atoms with Crippen molar-refractivity contribution >= 4 is 41.6 Å². The second-order valence-corrected chi connectivity index (χ2v) is 17.6. The minimum Gasteiger partial charge on any atom is -0.444 e. The predicted octanol–water partition coefficient (Wildman–Crippen LogP) is 3.40. The van der Waals surface area contributed by atoms with Crippen LogP contribution in [0.3, 0.4) is 0 Å². The van der Waals surface area contributed by atoms with Gasteiger partial charge in [0.25, 0.3) is 11.3 Å². The van der Waals surface area contributed by atoms with Gasteiger partial charge in [-0.25, -0.2) is 4.79 Å². The van der Waals surface area contributed by atoms with Gasteiger partial charge in [-0.1, -0.05) is 26.6 Å². The Balaban J connectivity index is 1.89. The van der Waals surface area contributed by atoms with Gasteiger partial charge in [0, 0.05) is 40.4 Å². The molecule has 1 aliphatic heterocycles. The van der Waals surface area contributed by atoms with Crippen molar-refractivity contribution < 1.29 is 19.1 Å². The molecule has 0 saturated carbocycles. The van der Waals surface area contributed by atoms with Gasteiger partial charge in [0.15, 0.2) is 0 Å². The Morgan fingerprint density at radius 3 is 2.50 bits per heavy atom. The summed E-state index contributed by atoms with van der Waals surface area (Å²) in [6.45, 7) is 18.4. The smallest absolute Gasteiger partial charge is 0.410 e. The highest BCUT2D eigenvalue weighted by Crippen LogP contribution is 2.24. The van der Waals surface area contributed by atoms with Gasteiger partial charge < -0.3 is 24.1 Å². The summed E-state index contributed by atoms with van der Waals surface area (Å²) < 4.78 is 14.4. The molecule has 0 aromatic carbocycles. The molecule has 3 rings (SSSR count). The maximum Gasteiger partial charge on any atom is 0.410 e. The molecule has 0 bridgehead atoms. The largest absolute Gasteiger partial charge is 0.444 e. The van der Waals surface area contributed by atoms with Gasteiger partial charge in [0.05, 0.1) is 5.69 Å². The van der Waals surface area contributed by atoms with E-state index in [9.17, 15) is 9.59 Å². The highest BCUT2D eigenvalue weighted by Gasteiger charge is 2.34. The third kappa shape index (κ3) is 6.80. The number of halogens is 1. The minimum absolute atomic E-state index is 0.0305. The molecule has 0 unspecified atom stereocenters. The molecule has 11 nitrogen and oxygen atoms in total. The number of piperazine rings is 1. The molecule has 202 valence electrons. The highest BCUT2D eigenvalue weighted by atomic mass is 79.9. The molecule has 1 atom stereocenters. The zero-order valence-corrected chi connectivity index (χ0v) is 25.2. The van der Waals surface area contributed by atoms with Crippen molar-refractivity contribution in [2.24, 2.45) is 0 Å². The monoisotopic (exact) mass is 586 g/mol. The van der Waals surface area contributed by atoms with Gasteiger partial charge in [-0.05, 0) is 56.1 Å². The molecule has 0 N–H and O–H groups in total. The molecule has 36 heavy (non-hydrogen) atoms. The van der Waals surface area contributed by atoms with Crippen molar-refractivity contribution in [2.45, 2.75) is 78.4 Å². The molecule has 0 radical (unpaired) electrons. The van der Waals surface area contributed by atoms with Crippen LogP contribution in [0.4, 0.5) is 10.5 Å². The number of ether oxygens (including phenoxy) is 2. The number of rotatable bonds is 8. The number of aromatic nitrogens is 4. The van der Waals surface area contributed by atoms with Gasteiger partial charge in [0.2, 0.25) is 11.5 Å². The van der Waals surface area contributed by atoms with Crippen LogP contribution in [-0.4, -0.2) is 83.1 Å². The van der Waals surface area contributed by atoms with Crippen LogP contribution < -0.4 is 15.3 Å². The summed E-state index contributed by atoms with van der Waals surface area (Å²) in [5.74, 6) is 0.279. The van der Waals surface area contributed by atoms with E-state index in [-0.39, 0.29) is 30.3 Å². The zero-order valence-electron chi connectivity index (χ0n) is 22.6. The van der Waals surface area contributed by atoms with E-state index in [4.69, 9.17) is 14.3 Å². The summed E-state index contributed by atoms with van der Waals surface area (Å²) in [4.78, 5) is 40.3. The lowest BCUT2D eigenvalue weighted by atomic mass is 10.1. The van der Waals surface area contributed by atoms with Crippen LogP contribution in [0.2, 0.25) is 25.7 Å². The molecular weight excluding hydrogens is 548 g/mol. The van der Waals surface area contributed by atoms with Gasteiger partial charge >= 0.3 is 6.09 Å². The van der Waals surface area contributed by atoms with Crippen LogP contribution in [0.25, 0.3) is 5.78 Å². The zero-order chi connectivity index (χ0) is 26.8. The van der Waals surface area contributed by atoms with Crippen molar-refractivity contribution in [3.63, 3.8) is 0 Å². The number of anilines is 1. The van der Waals surface area contributed by atoms with Crippen LogP contribution in [-0.2, 0) is 15.9 Å². The normalized spacial score (nSPS) is 17.1. The van der Waals surface area contributed by atoms with Gasteiger partial charge in [-0.3, -0.25) is 4.79 Å². The van der Waals surface area contributed by atoms with Crippen LogP contribution in [0.15, 0.2) is 9.53 Å². The first-order valence-electron chi connectivity index (χ1n) is 12.4. The summed E-state index contributed by atoms with van der Waals surface area (Å²) >= 11 is 3.28. The Bertz CT molecular complexity index is 1140. The average Bonchev–Trinajstić information content (AvgIpc) is 3.14. The lowest BCUT2D eigenvalue weighted by molar-refractivity contribution is -0.0557. The van der Waals surface area contributed by atoms with E-state index in [2.05, 4.69) is 45.7 Å². The van der Waals surface area contributed by atoms with Gasteiger partial charge in [0.1, 0.15) is 11.3 Å². The number of carbonyl (C=O) groups excluding carboxylic acids is 1. The quantitative estimate of drug-likeness (QED) is 0.263. The highest BCUT2D eigenvalue weighted by molar-refractivity contribution is 9.10. The fourth-order valence-corrected chi connectivity index (χ4v) is 5.11. The molecule has 1 aliphatic rings.